The molecule has 2 fully saturated rings. The van der Waals surface area contributed by atoms with Gasteiger partial charge in [-0.25, -0.2) is 4.79 Å². The number of amides is 2. The summed E-state index contributed by atoms with van der Waals surface area (Å²) in [5.41, 5.74) is 3.89. The lowest BCUT2D eigenvalue weighted by molar-refractivity contribution is 0.108. The van der Waals surface area contributed by atoms with Gasteiger partial charge in [-0.2, -0.15) is 0 Å². The third-order valence-corrected chi connectivity index (χ3v) is 5.81. The van der Waals surface area contributed by atoms with E-state index < -0.39 is 0 Å². The fourth-order valence-corrected chi connectivity index (χ4v) is 4.12. The fourth-order valence-electron chi connectivity index (χ4n) is 4.12. The van der Waals surface area contributed by atoms with Gasteiger partial charge in [0.05, 0.1) is 0 Å². The Morgan fingerprint density at radius 3 is 2.07 bits per heavy atom. The van der Waals surface area contributed by atoms with Crippen molar-refractivity contribution >= 4 is 11.7 Å². The monoisotopic (exact) mass is 378 g/mol. The van der Waals surface area contributed by atoms with E-state index >= 15 is 0 Å². The van der Waals surface area contributed by atoms with Crippen LogP contribution in [0, 0.1) is 6.92 Å². The minimum atomic E-state index is 0.211. The van der Waals surface area contributed by atoms with E-state index in [1.54, 1.807) is 0 Å². The molecule has 2 aromatic carbocycles. The van der Waals surface area contributed by atoms with E-state index in [1.807, 2.05) is 9.80 Å². The van der Waals surface area contributed by atoms with Crippen LogP contribution in [0.15, 0.2) is 54.6 Å². The average Bonchev–Trinajstić information content (AvgIpc) is 2.75. The van der Waals surface area contributed by atoms with Crippen LogP contribution in [-0.4, -0.2) is 73.1 Å². The topological polar surface area (TPSA) is 30.0 Å². The molecule has 2 heterocycles. The molecule has 2 aliphatic rings. The minimum Gasteiger partial charge on any atom is -0.368 e. The molecule has 0 radical (unpaired) electrons. The van der Waals surface area contributed by atoms with Gasteiger partial charge in [-0.05, 0) is 30.2 Å². The normalized spacial score (nSPS) is 18.4. The van der Waals surface area contributed by atoms with Crippen LogP contribution >= 0.6 is 0 Å². The van der Waals surface area contributed by atoms with Crippen molar-refractivity contribution in [3.63, 3.8) is 0 Å². The molecule has 2 aliphatic heterocycles. The highest BCUT2D eigenvalue weighted by Gasteiger charge is 2.27. The summed E-state index contributed by atoms with van der Waals surface area (Å²) in [5.74, 6) is 0. The minimum absolute atomic E-state index is 0.211. The van der Waals surface area contributed by atoms with Gasteiger partial charge in [-0.1, -0.05) is 42.5 Å². The Morgan fingerprint density at radius 2 is 1.43 bits per heavy atom. The number of carbonyl (C=O) groups is 1. The van der Waals surface area contributed by atoms with Gasteiger partial charge in [0.25, 0.3) is 0 Å². The number of piperazine rings is 2. The van der Waals surface area contributed by atoms with Crippen LogP contribution in [-0.2, 0) is 6.54 Å². The predicted octanol–water partition coefficient (Wildman–Crippen LogP) is 3.05. The molecule has 2 amide bonds. The molecule has 0 aliphatic carbocycles. The quantitative estimate of drug-likeness (QED) is 0.822. The Hall–Kier alpha value is -2.53. The van der Waals surface area contributed by atoms with Gasteiger partial charge in [0.1, 0.15) is 0 Å². The van der Waals surface area contributed by atoms with Gasteiger partial charge in [0, 0.05) is 64.6 Å². The highest BCUT2D eigenvalue weighted by atomic mass is 16.2. The molecule has 5 nitrogen and oxygen atoms in total. The smallest absolute Gasteiger partial charge is 0.320 e. The van der Waals surface area contributed by atoms with Gasteiger partial charge >= 0.3 is 6.03 Å². The lowest BCUT2D eigenvalue weighted by Gasteiger charge is -2.41. The first-order valence-corrected chi connectivity index (χ1v) is 10.3. The van der Waals surface area contributed by atoms with Crippen LogP contribution in [0.2, 0.25) is 0 Å². The molecule has 0 atom stereocenters. The van der Waals surface area contributed by atoms with Gasteiger partial charge < -0.3 is 14.7 Å². The Balaban J connectivity index is 1.25. The molecule has 2 aromatic rings. The molecule has 0 saturated carbocycles. The zero-order valence-electron chi connectivity index (χ0n) is 16.8. The average molecular weight is 379 g/mol. The number of hydrogen-bond acceptors (Lipinski definition) is 3. The second-order valence-electron chi connectivity index (χ2n) is 7.84. The summed E-state index contributed by atoms with van der Waals surface area (Å²) in [6, 6.07) is 19.4. The first kappa shape index (κ1) is 18.8. The van der Waals surface area contributed by atoms with Crippen LogP contribution in [0.3, 0.4) is 0 Å². The second-order valence-corrected chi connectivity index (χ2v) is 7.84. The second kappa shape index (κ2) is 8.65. The van der Waals surface area contributed by atoms with Crippen molar-refractivity contribution in [3.8, 4) is 0 Å². The van der Waals surface area contributed by atoms with Crippen LogP contribution in [0.1, 0.15) is 11.1 Å². The largest absolute Gasteiger partial charge is 0.368 e. The van der Waals surface area contributed by atoms with Crippen molar-refractivity contribution in [2.75, 3.05) is 57.3 Å². The highest BCUT2D eigenvalue weighted by Crippen LogP contribution is 2.19. The molecule has 148 valence electrons. The molecule has 0 aromatic heterocycles. The van der Waals surface area contributed by atoms with Gasteiger partial charge in [0.2, 0.25) is 0 Å². The lowest BCUT2D eigenvalue weighted by Crippen LogP contribution is -2.56. The lowest BCUT2D eigenvalue weighted by atomic mass is 10.2. The molecule has 0 N–H and O–H groups in total. The molecular formula is C23H30N4O. The predicted molar refractivity (Wildman–Crippen MR) is 114 cm³/mol. The van der Waals surface area contributed by atoms with E-state index in [9.17, 15) is 4.79 Å². The first-order valence-electron chi connectivity index (χ1n) is 10.3. The fraction of sp³-hybridized carbons (Fsp3) is 0.435. The number of nitrogens with zero attached hydrogens (tertiary/aromatic N) is 4. The van der Waals surface area contributed by atoms with Crippen LogP contribution in [0.5, 0.6) is 0 Å². The van der Waals surface area contributed by atoms with Crippen LogP contribution in [0.4, 0.5) is 10.5 Å². The van der Waals surface area contributed by atoms with E-state index in [0.29, 0.717) is 0 Å². The molecule has 5 heteroatoms. The first-order chi connectivity index (χ1) is 13.7. The van der Waals surface area contributed by atoms with E-state index in [0.717, 1.165) is 58.9 Å². The molecule has 0 spiro atoms. The molecule has 4 rings (SSSR count). The Bertz CT molecular complexity index is 778. The van der Waals surface area contributed by atoms with Gasteiger partial charge in [0.15, 0.2) is 0 Å². The van der Waals surface area contributed by atoms with Crippen molar-refractivity contribution in [2.24, 2.45) is 0 Å². The summed E-state index contributed by atoms with van der Waals surface area (Å²) in [4.78, 5) is 21.8. The summed E-state index contributed by atoms with van der Waals surface area (Å²) < 4.78 is 0. The standard InChI is InChI=1S/C23H30N4O/c1-20-6-5-9-22(18-20)25-14-16-27(17-15-25)23(28)26-12-10-24(11-13-26)19-21-7-3-2-4-8-21/h2-9,18H,10-17,19H2,1H3. The summed E-state index contributed by atoms with van der Waals surface area (Å²) in [7, 11) is 0. The zero-order chi connectivity index (χ0) is 19.3. The number of rotatable bonds is 3. The summed E-state index contributed by atoms with van der Waals surface area (Å²) >= 11 is 0. The Morgan fingerprint density at radius 1 is 0.786 bits per heavy atom. The molecule has 28 heavy (non-hydrogen) atoms. The Kier molecular flexibility index (Phi) is 5.81. The van der Waals surface area contributed by atoms with Crippen molar-refractivity contribution < 1.29 is 4.79 Å². The molecule has 0 bridgehead atoms. The third kappa shape index (κ3) is 4.47. The summed E-state index contributed by atoms with van der Waals surface area (Å²) in [6.45, 7) is 10.1. The highest BCUT2D eigenvalue weighted by molar-refractivity contribution is 5.75. The molecular weight excluding hydrogens is 348 g/mol. The molecule has 2 saturated heterocycles. The zero-order valence-corrected chi connectivity index (χ0v) is 16.8. The number of benzene rings is 2. The van der Waals surface area contributed by atoms with E-state index in [4.69, 9.17) is 0 Å². The number of urea groups is 1. The van der Waals surface area contributed by atoms with Gasteiger partial charge in [-0.15, -0.1) is 0 Å². The van der Waals surface area contributed by atoms with E-state index in [2.05, 4.69) is 71.3 Å². The molecule has 0 unspecified atom stereocenters. The summed E-state index contributed by atoms with van der Waals surface area (Å²) in [5, 5.41) is 0. The van der Waals surface area contributed by atoms with E-state index in [1.165, 1.54) is 16.8 Å². The number of carbonyl (C=O) groups excluding carboxylic acids is 1. The van der Waals surface area contributed by atoms with Crippen molar-refractivity contribution in [1.29, 1.82) is 0 Å². The maximum Gasteiger partial charge on any atom is 0.320 e. The van der Waals surface area contributed by atoms with Crippen molar-refractivity contribution in [3.05, 3.63) is 65.7 Å². The number of aryl methyl sites for hydroxylation is 1. The van der Waals surface area contributed by atoms with Crippen molar-refractivity contribution in [2.45, 2.75) is 13.5 Å². The maximum absolute atomic E-state index is 12.9. The maximum atomic E-state index is 12.9. The summed E-state index contributed by atoms with van der Waals surface area (Å²) in [6.07, 6.45) is 0. The van der Waals surface area contributed by atoms with Crippen LogP contribution < -0.4 is 4.90 Å². The SMILES string of the molecule is Cc1cccc(N2CCN(C(=O)N3CCN(Cc4ccccc4)CC3)CC2)c1. The number of anilines is 1. The van der Waals surface area contributed by atoms with Crippen LogP contribution in [0.25, 0.3) is 0 Å². The Labute approximate surface area is 168 Å². The van der Waals surface area contributed by atoms with Gasteiger partial charge in [-0.3, -0.25) is 4.90 Å². The van der Waals surface area contributed by atoms with Crippen molar-refractivity contribution in [1.82, 2.24) is 14.7 Å². The number of hydrogen-bond donors (Lipinski definition) is 0. The third-order valence-electron chi connectivity index (χ3n) is 5.81. The van der Waals surface area contributed by atoms with E-state index in [-0.39, 0.29) is 6.03 Å².